The van der Waals surface area contributed by atoms with Gasteiger partial charge in [0.1, 0.15) is 0 Å². The topological polar surface area (TPSA) is 60.8 Å². The smallest absolute Gasteiger partial charge is 0.254 e. The monoisotopic (exact) mass is 405 g/mol. The van der Waals surface area contributed by atoms with Gasteiger partial charge in [-0.25, -0.2) is 4.98 Å². The van der Waals surface area contributed by atoms with Gasteiger partial charge in [-0.2, -0.15) is 5.10 Å². The number of anilines is 1. The van der Waals surface area contributed by atoms with Crippen molar-refractivity contribution in [3.8, 4) is 11.3 Å². The van der Waals surface area contributed by atoms with Crippen molar-refractivity contribution in [3.63, 3.8) is 0 Å². The van der Waals surface area contributed by atoms with E-state index in [2.05, 4.69) is 27.5 Å². The Bertz CT molecular complexity index is 993. The second kappa shape index (κ2) is 8.98. The van der Waals surface area contributed by atoms with Crippen molar-refractivity contribution >= 4 is 28.6 Å². The molecular formula is C22H23N5OS. The molecule has 0 spiro atoms. The summed E-state index contributed by atoms with van der Waals surface area (Å²) in [4.78, 5) is 21.6. The Hall–Kier alpha value is -3.03. The highest BCUT2D eigenvalue weighted by Crippen LogP contribution is 2.24. The van der Waals surface area contributed by atoms with Crippen molar-refractivity contribution in [2.45, 2.75) is 0 Å². The molecular weight excluding hydrogens is 382 g/mol. The summed E-state index contributed by atoms with van der Waals surface area (Å²) in [7, 11) is 2.08. The van der Waals surface area contributed by atoms with E-state index in [1.54, 1.807) is 6.21 Å². The zero-order valence-electron chi connectivity index (χ0n) is 16.3. The first-order valence-electron chi connectivity index (χ1n) is 9.57. The number of amides is 1. The fourth-order valence-corrected chi connectivity index (χ4v) is 3.88. The minimum atomic E-state index is 0.0563. The molecule has 1 fully saturated rings. The number of carbonyl (C=O) groups excluding carboxylic acids is 1. The Balaban J connectivity index is 1.44. The average Bonchev–Trinajstić information content (AvgIpc) is 3.24. The van der Waals surface area contributed by atoms with Gasteiger partial charge in [0.05, 0.1) is 11.9 Å². The van der Waals surface area contributed by atoms with Crippen LogP contribution in [0, 0.1) is 0 Å². The quantitative estimate of drug-likeness (QED) is 0.520. The predicted molar refractivity (Wildman–Crippen MR) is 119 cm³/mol. The highest BCUT2D eigenvalue weighted by Gasteiger charge is 2.21. The van der Waals surface area contributed by atoms with Crippen LogP contribution in [0.1, 0.15) is 15.9 Å². The highest BCUT2D eigenvalue weighted by molar-refractivity contribution is 7.14. The lowest BCUT2D eigenvalue weighted by atomic mass is 10.1. The average molecular weight is 406 g/mol. The summed E-state index contributed by atoms with van der Waals surface area (Å²) in [6.07, 6.45) is 1.69. The van der Waals surface area contributed by atoms with Gasteiger partial charge in [-0.05, 0) is 13.1 Å². The first-order chi connectivity index (χ1) is 14.2. The zero-order chi connectivity index (χ0) is 20.1. The van der Waals surface area contributed by atoms with Crippen molar-refractivity contribution < 1.29 is 4.79 Å². The Morgan fingerprint density at radius 2 is 1.79 bits per heavy atom. The van der Waals surface area contributed by atoms with E-state index in [1.807, 2.05) is 64.9 Å². The third-order valence-corrected chi connectivity index (χ3v) is 5.67. The van der Waals surface area contributed by atoms with Gasteiger partial charge in [-0.3, -0.25) is 10.2 Å². The van der Waals surface area contributed by atoms with Crippen LogP contribution in [-0.2, 0) is 0 Å². The third kappa shape index (κ3) is 4.70. The van der Waals surface area contributed by atoms with E-state index < -0.39 is 0 Å². The molecule has 1 amide bonds. The summed E-state index contributed by atoms with van der Waals surface area (Å²) < 4.78 is 0. The van der Waals surface area contributed by atoms with Crippen LogP contribution in [0.4, 0.5) is 5.13 Å². The van der Waals surface area contributed by atoms with Crippen LogP contribution in [0.25, 0.3) is 11.3 Å². The van der Waals surface area contributed by atoms with E-state index in [1.165, 1.54) is 11.3 Å². The molecule has 0 unspecified atom stereocenters. The first-order valence-corrected chi connectivity index (χ1v) is 10.5. The van der Waals surface area contributed by atoms with Crippen LogP contribution < -0.4 is 5.43 Å². The molecule has 0 radical (unpaired) electrons. The van der Waals surface area contributed by atoms with Gasteiger partial charge in [-0.1, -0.05) is 48.5 Å². The van der Waals surface area contributed by atoms with Crippen LogP contribution in [0.5, 0.6) is 0 Å². The molecule has 1 saturated heterocycles. The van der Waals surface area contributed by atoms with Gasteiger partial charge < -0.3 is 9.80 Å². The molecule has 2 heterocycles. The molecule has 2 aromatic carbocycles. The maximum Gasteiger partial charge on any atom is 0.254 e. The van der Waals surface area contributed by atoms with E-state index >= 15 is 0 Å². The summed E-state index contributed by atoms with van der Waals surface area (Å²) in [6, 6.07) is 17.6. The van der Waals surface area contributed by atoms with Crippen LogP contribution in [0.15, 0.2) is 65.1 Å². The molecule has 0 aliphatic carbocycles. The molecule has 3 aromatic rings. The van der Waals surface area contributed by atoms with E-state index in [9.17, 15) is 4.79 Å². The maximum atomic E-state index is 12.9. The molecule has 0 saturated carbocycles. The number of thiazole rings is 1. The largest absolute Gasteiger partial charge is 0.336 e. The molecule has 0 bridgehead atoms. The van der Waals surface area contributed by atoms with Crippen molar-refractivity contribution in [2.24, 2.45) is 5.10 Å². The minimum Gasteiger partial charge on any atom is -0.336 e. The lowest BCUT2D eigenvalue weighted by Gasteiger charge is -2.32. The lowest BCUT2D eigenvalue weighted by Crippen LogP contribution is -2.47. The van der Waals surface area contributed by atoms with Crippen molar-refractivity contribution in [1.29, 1.82) is 0 Å². The van der Waals surface area contributed by atoms with Gasteiger partial charge in [0.25, 0.3) is 5.91 Å². The predicted octanol–water partition coefficient (Wildman–Crippen LogP) is 3.64. The number of benzene rings is 2. The number of hydrogen-bond donors (Lipinski definition) is 1. The van der Waals surface area contributed by atoms with E-state index in [0.717, 1.165) is 43.0 Å². The van der Waals surface area contributed by atoms with E-state index in [-0.39, 0.29) is 5.91 Å². The summed E-state index contributed by atoms with van der Waals surface area (Å²) in [5.41, 5.74) is 6.44. The minimum absolute atomic E-state index is 0.0563. The number of hydrazone groups is 1. The van der Waals surface area contributed by atoms with Gasteiger partial charge >= 0.3 is 0 Å². The van der Waals surface area contributed by atoms with Crippen LogP contribution >= 0.6 is 11.3 Å². The van der Waals surface area contributed by atoms with Crippen molar-refractivity contribution in [2.75, 3.05) is 38.7 Å². The Morgan fingerprint density at radius 1 is 1.07 bits per heavy atom. The Morgan fingerprint density at radius 3 is 2.59 bits per heavy atom. The summed E-state index contributed by atoms with van der Waals surface area (Å²) in [6.45, 7) is 3.30. The van der Waals surface area contributed by atoms with Crippen molar-refractivity contribution in [1.82, 2.24) is 14.8 Å². The number of carbonyl (C=O) groups is 1. The summed E-state index contributed by atoms with van der Waals surface area (Å²) in [5.74, 6) is 0.0563. The van der Waals surface area contributed by atoms with Crippen LogP contribution in [0.2, 0.25) is 0 Å². The zero-order valence-corrected chi connectivity index (χ0v) is 17.1. The number of nitrogens with one attached hydrogen (secondary N) is 1. The summed E-state index contributed by atoms with van der Waals surface area (Å²) >= 11 is 1.50. The molecule has 1 N–H and O–H groups in total. The standard InChI is InChI=1S/C22H23N5OS/c1-26-11-13-27(14-12-26)21(28)19-10-6-5-9-18(19)15-23-25-22-24-20(16-29-22)17-7-3-2-4-8-17/h2-10,15-16H,11-14H2,1H3,(H,24,25). The van der Waals surface area contributed by atoms with Gasteiger partial charge in [-0.15, -0.1) is 11.3 Å². The molecule has 0 atom stereocenters. The molecule has 1 aromatic heterocycles. The van der Waals surface area contributed by atoms with E-state index in [0.29, 0.717) is 10.7 Å². The molecule has 1 aliphatic rings. The first kappa shape index (κ1) is 19.3. The van der Waals surface area contributed by atoms with E-state index in [4.69, 9.17) is 0 Å². The molecule has 148 valence electrons. The second-order valence-corrected chi connectivity index (χ2v) is 7.81. The number of nitrogens with zero attached hydrogens (tertiary/aromatic N) is 4. The highest BCUT2D eigenvalue weighted by atomic mass is 32.1. The molecule has 29 heavy (non-hydrogen) atoms. The number of aromatic nitrogens is 1. The summed E-state index contributed by atoms with van der Waals surface area (Å²) in [5, 5.41) is 7.02. The fraction of sp³-hybridized carbons (Fsp3) is 0.227. The molecule has 6 nitrogen and oxygen atoms in total. The second-order valence-electron chi connectivity index (χ2n) is 6.96. The third-order valence-electron chi connectivity index (χ3n) is 4.92. The normalized spacial score (nSPS) is 15.0. The molecule has 7 heteroatoms. The van der Waals surface area contributed by atoms with Gasteiger partial charge in [0, 0.05) is 48.2 Å². The number of piperazine rings is 1. The van der Waals surface area contributed by atoms with Crippen molar-refractivity contribution in [3.05, 3.63) is 71.1 Å². The van der Waals surface area contributed by atoms with Crippen LogP contribution in [-0.4, -0.2) is 60.1 Å². The number of hydrogen-bond acceptors (Lipinski definition) is 6. The fourth-order valence-electron chi connectivity index (χ4n) is 3.21. The Labute approximate surface area is 174 Å². The SMILES string of the molecule is CN1CCN(C(=O)c2ccccc2C=NNc2nc(-c3ccccc3)cs2)CC1. The Kier molecular flexibility index (Phi) is 5.97. The molecule has 1 aliphatic heterocycles. The van der Waals surface area contributed by atoms with Gasteiger partial charge in [0.15, 0.2) is 0 Å². The van der Waals surface area contributed by atoms with Gasteiger partial charge in [0.2, 0.25) is 5.13 Å². The maximum absolute atomic E-state index is 12.9. The van der Waals surface area contributed by atoms with Crippen LogP contribution in [0.3, 0.4) is 0 Å². The lowest BCUT2D eigenvalue weighted by molar-refractivity contribution is 0.0664. The number of likely N-dealkylation sites (N-methyl/N-ethyl adjacent to an activating group) is 1. The number of rotatable bonds is 5. The molecule has 4 rings (SSSR count).